The van der Waals surface area contributed by atoms with E-state index in [4.69, 9.17) is 11.6 Å². The Balaban J connectivity index is 2.09. The van der Waals surface area contributed by atoms with Gasteiger partial charge in [0.2, 0.25) is 0 Å². The monoisotopic (exact) mass is 236 g/mol. The van der Waals surface area contributed by atoms with Crippen LogP contribution in [-0.2, 0) is 0 Å². The molecule has 2 rings (SSSR count). The van der Waals surface area contributed by atoms with E-state index in [0.29, 0.717) is 5.02 Å². The van der Waals surface area contributed by atoms with E-state index in [2.05, 4.69) is 6.92 Å². The molecule has 0 bridgehead atoms. The van der Waals surface area contributed by atoms with Crippen molar-refractivity contribution in [2.24, 2.45) is 11.8 Å². The molecular formula is C14H17ClO. The average molecular weight is 237 g/mol. The topological polar surface area (TPSA) is 17.1 Å². The SMILES string of the molecule is CCC(CC1CC1)C(=O)c1cccc(Cl)c1. The maximum atomic E-state index is 12.2. The van der Waals surface area contributed by atoms with Crippen LogP contribution in [0.15, 0.2) is 24.3 Å². The van der Waals surface area contributed by atoms with Gasteiger partial charge in [-0.1, -0.05) is 43.5 Å². The molecule has 0 N–H and O–H groups in total. The van der Waals surface area contributed by atoms with Crippen LogP contribution in [0.4, 0.5) is 0 Å². The van der Waals surface area contributed by atoms with E-state index in [9.17, 15) is 4.79 Å². The molecule has 1 nitrogen and oxygen atoms in total. The van der Waals surface area contributed by atoms with E-state index in [1.54, 1.807) is 12.1 Å². The zero-order valence-corrected chi connectivity index (χ0v) is 10.3. The van der Waals surface area contributed by atoms with Gasteiger partial charge in [0.05, 0.1) is 0 Å². The zero-order valence-electron chi connectivity index (χ0n) is 9.58. The highest BCUT2D eigenvalue weighted by Gasteiger charge is 2.28. The van der Waals surface area contributed by atoms with Crippen molar-refractivity contribution >= 4 is 17.4 Å². The van der Waals surface area contributed by atoms with Crippen molar-refractivity contribution in [2.45, 2.75) is 32.6 Å². The van der Waals surface area contributed by atoms with Gasteiger partial charge in [-0.2, -0.15) is 0 Å². The van der Waals surface area contributed by atoms with Gasteiger partial charge in [0.1, 0.15) is 0 Å². The number of carbonyl (C=O) groups is 1. The van der Waals surface area contributed by atoms with Crippen LogP contribution in [0.3, 0.4) is 0 Å². The Bertz CT molecular complexity index is 382. The van der Waals surface area contributed by atoms with Crippen molar-refractivity contribution in [3.05, 3.63) is 34.9 Å². The Hall–Kier alpha value is -0.820. The molecule has 1 unspecified atom stereocenters. The standard InChI is InChI=1S/C14H17ClO/c1-2-11(8-10-6-7-10)14(16)12-4-3-5-13(15)9-12/h3-5,9-11H,2,6-8H2,1H3. The molecule has 1 atom stereocenters. The highest BCUT2D eigenvalue weighted by atomic mass is 35.5. The van der Waals surface area contributed by atoms with Crippen molar-refractivity contribution < 1.29 is 4.79 Å². The zero-order chi connectivity index (χ0) is 11.5. The Morgan fingerprint density at radius 1 is 1.50 bits per heavy atom. The van der Waals surface area contributed by atoms with Gasteiger partial charge in [-0.05, 0) is 30.9 Å². The molecular weight excluding hydrogens is 220 g/mol. The van der Waals surface area contributed by atoms with Crippen molar-refractivity contribution in [1.82, 2.24) is 0 Å². The Morgan fingerprint density at radius 3 is 2.81 bits per heavy atom. The first kappa shape index (κ1) is 11.7. The molecule has 2 heteroatoms. The lowest BCUT2D eigenvalue weighted by molar-refractivity contribution is 0.0905. The van der Waals surface area contributed by atoms with Crippen molar-refractivity contribution in [2.75, 3.05) is 0 Å². The Morgan fingerprint density at radius 2 is 2.25 bits per heavy atom. The lowest BCUT2D eigenvalue weighted by atomic mass is 9.90. The predicted octanol–water partition coefficient (Wildman–Crippen LogP) is 4.35. The summed E-state index contributed by atoms with van der Waals surface area (Å²) in [5.41, 5.74) is 0.764. The second-order valence-electron chi connectivity index (χ2n) is 4.66. The Kier molecular flexibility index (Phi) is 3.65. The van der Waals surface area contributed by atoms with Gasteiger partial charge in [-0.3, -0.25) is 4.79 Å². The van der Waals surface area contributed by atoms with Crippen LogP contribution >= 0.6 is 11.6 Å². The van der Waals surface area contributed by atoms with E-state index in [1.807, 2.05) is 12.1 Å². The number of halogens is 1. The van der Waals surface area contributed by atoms with E-state index in [0.717, 1.165) is 24.3 Å². The lowest BCUT2D eigenvalue weighted by Crippen LogP contribution is -2.14. The van der Waals surface area contributed by atoms with Crippen molar-refractivity contribution in [3.8, 4) is 0 Å². The number of rotatable bonds is 5. The minimum Gasteiger partial charge on any atom is -0.294 e. The molecule has 0 aliphatic heterocycles. The molecule has 1 saturated carbocycles. The largest absolute Gasteiger partial charge is 0.294 e. The molecule has 1 aromatic carbocycles. The first-order valence-electron chi connectivity index (χ1n) is 6.00. The molecule has 1 aliphatic carbocycles. The quantitative estimate of drug-likeness (QED) is 0.695. The summed E-state index contributed by atoms with van der Waals surface area (Å²) in [6, 6.07) is 7.29. The van der Waals surface area contributed by atoms with Gasteiger partial charge in [0.25, 0.3) is 0 Å². The smallest absolute Gasteiger partial charge is 0.165 e. The van der Waals surface area contributed by atoms with E-state index in [-0.39, 0.29) is 11.7 Å². The van der Waals surface area contributed by atoms with Crippen LogP contribution in [-0.4, -0.2) is 5.78 Å². The van der Waals surface area contributed by atoms with Crippen LogP contribution in [0.1, 0.15) is 43.0 Å². The van der Waals surface area contributed by atoms with E-state index in [1.165, 1.54) is 12.8 Å². The molecule has 86 valence electrons. The summed E-state index contributed by atoms with van der Waals surface area (Å²) < 4.78 is 0. The first-order valence-corrected chi connectivity index (χ1v) is 6.38. The molecule has 1 aliphatic rings. The first-order chi connectivity index (χ1) is 7.70. The van der Waals surface area contributed by atoms with Gasteiger partial charge in [-0.15, -0.1) is 0 Å². The predicted molar refractivity (Wildman–Crippen MR) is 66.9 cm³/mol. The van der Waals surface area contributed by atoms with Gasteiger partial charge < -0.3 is 0 Å². The van der Waals surface area contributed by atoms with E-state index >= 15 is 0 Å². The third-order valence-electron chi connectivity index (χ3n) is 3.29. The highest BCUT2D eigenvalue weighted by molar-refractivity contribution is 6.31. The summed E-state index contributed by atoms with van der Waals surface area (Å²) in [6.45, 7) is 2.09. The summed E-state index contributed by atoms with van der Waals surface area (Å²) in [7, 11) is 0. The van der Waals surface area contributed by atoms with E-state index < -0.39 is 0 Å². The molecule has 0 aromatic heterocycles. The molecule has 16 heavy (non-hydrogen) atoms. The summed E-state index contributed by atoms with van der Waals surface area (Å²) in [5, 5.41) is 0.645. The molecule has 0 heterocycles. The fourth-order valence-corrected chi connectivity index (χ4v) is 2.28. The minimum absolute atomic E-state index is 0.186. The number of hydrogen-bond donors (Lipinski definition) is 0. The molecule has 0 spiro atoms. The highest BCUT2D eigenvalue weighted by Crippen LogP contribution is 2.37. The minimum atomic E-state index is 0.186. The summed E-state index contributed by atoms with van der Waals surface area (Å²) in [4.78, 5) is 12.2. The van der Waals surface area contributed by atoms with Gasteiger partial charge >= 0.3 is 0 Å². The summed E-state index contributed by atoms with van der Waals surface area (Å²) in [6.07, 6.45) is 4.60. The van der Waals surface area contributed by atoms with Gasteiger partial charge in [-0.25, -0.2) is 0 Å². The second kappa shape index (κ2) is 5.01. The maximum Gasteiger partial charge on any atom is 0.165 e. The molecule has 1 fully saturated rings. The summed E-state index contributed by atoms with van der Waals surface area (Å²) in [5.74, 6) is 1.25. The second-order valence-corrected chi connectivity index (χ2v) is 5.10. The van der Waals surface area contributed by atoms with Crippen LogP contribution in [0.25, 0.3) is 0 Å². The van der Waals surface area contributed by atoms with Crippen LogP contribution in [0.2, 0.25) is 5.02 Å². The average Bonchev–Trinajstić information content (AvgIpc) is 3.09. The molecule has 0 radical (unpaired) electrons. The fourth-order valence-electron chi connectivity index (χ4n) is 2.09. The number of hydrogen-bond acceptors (Lipinski definition) is 1. The maximum absolute atomic E-state index is 12.2. The third-order valence-corrected chi connectivity index (χ3v) is 3.52. The van der Waals surface area contributed by atoms with Crippen LogP contribution in [0, 0.1) is 11.8 Å². The normalized spacial score (nSPS) is 17.1. The number of benzene rings is 1. The number of carbonyl (C=O) groups excluding carboxylic acids is 1. The third kappa shape index (κ3) is 2.85. The molecule has 0 saturated heterocycles. The van der Waals surface area contributed by atoms with Crippen molar-refractivity contribution in [3.63, 3.8) is 0 Å². The molecule has 1 aromatic rings. The Labute approximate surface area is 102 Å². The van der Waals surface area contributed by atoms with Gasteiger partial charge in [0, 0.05) is 16.5 Å². The molecule has 0 amide bonds. The van der Waals surface area contributed by atoms with Crippen LogP contribution in [0.5, 0.6) is 0 Å². The van der Waals surface area contributed by atoms with Crippen LogP contribution < -0.4 is 0 Å². The lowest BCUT2D eigenvalue weighted by Gasteiger charge is -2.13. The van der Waals surface area contributed by atoms with Gasteiger partial charge in [0.15, 0.2) is 5.78 Å². The summed E-state index contributed by atoms with van der Waals surface area (Å²) >= 11 is 5.90. The number of ketones is 1. The van der Waals surface area contributed by atoms with Crippen molar-refractivity contribution in [1.29, 1.82) is 0 Å². The number of Topliss-reactive ketones (excluding diaryl/α,β-unsaturated/α-hetero) is 1. The fraction of sp³-hybridized carbons (Fsp3) is 0.500.